The van der Waals surface area contributed by atoms with E-state index in [9.17, 15) is 9.59 Å². The number of carbonyl (C=O) groups is 2. The summed E-state index contributed by atoms with van der Waals surface area (Å²) < 4.78 is 10.2. The predicted molar refractivity (Wildman–Crippen MR) is 68.5 cm³/mol. The number of hydrogen-bond donors (Lipinski definition) is 2. The summed E-state index contributed by atoms with van der Waals surface area (Å²) in [4.78, 5) is 22.0. The fraction of sp³-hybridized carbons (Fsp3) is 0.385. The molecule has 1 atom stereocenters. The molecule has 0 bridgehead atoms. The van der Waals surface area contributed by atoms with Gasteiger partial charge in [0.25, 0.3) is 0 Å². The summed E-state index contributed by atoms with van der Waals surface area (Å²) in [5.74, 6) is -0.373. The smallest absolute Gasteiger partial charge is 0.326 e. The molecule has 0 saturated heterocycles. The predicted octanol–water partition coefficient (Wildman–Crippen LogP) is 0.836. The third kappa shape index (κ3) is 4.17. The molecule has 0 heterocycles. The zero-order valence-corrected chi connectivity index (χ0v) is 11.1. The molecule has 104 valence electrons. The van der Waals surface area contributed by atoms with Crippen molar-refractivity contribution in [2.24, 2.45) is 0 Å². The molecule has 2 N–H and O–H groups in total. The van der Waals surface area contributed by atoms with Gasteiger partial charge >= 0.3 is 5.97 Å². The van der Waals surface area contributed by atoms with Gasteiger partial charge in [0, 0.05) is 13.3 Å². The summed E-state index contributed by atoms with van der Waals surface area (Å²) in [7, 11) is 3.03. The molecular weight excluding hydrogens is 250 g/mol. The van der Waals surface area contributed by atoms with Gasteiger partial charge in [-0.1, -0.05) is 6.07 Å². The van der Waals surface area contributed by atoms with Gasteiger partial charge in [-0.05, 0) is 17.7 Å². The molecule has 0 spiro atoms. The van der Waals surface area contributed by atoms with Crippen LogP contribution in [0.2, 0.25) is 0 Å². The van der Waals surface area contributed by atoms with E-state index in [1.807, 2.05) is 0 Å². The standard InChI is InChI=1S/C13H17NO5/c1-8(15)14-10(13(16)17)6-9-4-5-11(18-2)12(7-9)19-3/h4-5,7,10H,6H2,1-3H3,(H,14,15)(H,16,17). The molecule has 6 heteroatoms. The molecule has 0 saturated carbocycles. The van der Waals surface area contributed by atoms with Crippen LogP contribution in [0.4, 0.5) is 0 Å². The highest BCUT2D eigenvalue weighted by atomic mass is 16.5. The van der Waals surface area contributed by atoms with Crippen molar-refractivity contribution in [3.63, 3.8) is 0 Å². The molecule has 1 rings (SSSR count). The van der Waals surface area contributed by atoms with Gasteiger partial charge in [-0.25, -0.2) is 4.79 Å². The van der Waals surface area contributed by atoms with Crippen molar-refractivity contribution in [1.82, 2.24) is 5.32 Å². The maximum absolute atomic E-state index is 11.0. The summed E-state index contributed by atoms with van der Waals surface area (Å²) in [6.07, 6.45) is 0.176. The molecule has 0 aliphatic carbocycles. The van der Waals surface area contributed by atoms with Gasteiger partial charge in [-0.15, -0.1) is 0 Å². The maximum Gasteiger partial charge on any atom is 0.326 e. The first kappa shape index (κ1) is 14.8. The SMILES string of the molecule is COc1ccc(CC(NC(C)=O)C(=O)O)cc1OC. The van der Waals surface area contributed by atoms with E-state index in [4.69, 9.17) is 14.6 Å². The number of rotatable bonds is 6. The lowest BCUT2D eigenvalue weighted by molar-refractivity contribution is -0.141. The number of benzene rings is 1. The molecule has 0 fully saturated rings. The Hall–Kier alpha value is -2.24. The molecule has 0 aliphatic heterocycles. The van der Waals surface area contributed by atoms with Crippen molar-refractivity contribution >= 4 is 11.9 Å². The third-order valence-corrected chi connectivity index (χ3v) is 2.56. The van der Waals surface area contributed by atoms with E-state index < -0.39 is 12.0 Å². The van der Waals surface area contributed by atoms with Gasteiger partial charge in [0.2, 0.25) is 5.91 Å². The fourth-order valence-corrected chi connectivity index (χ4v) is 1.69. The second kappa shape index (κ2) is 6.63. The zero-order chi connectivity index (χ0) is 14.4. The Morgan fingerprint density at radius 3 is 2.37 bits per heavy atom. The molecule has 19 heavy (non-hydrogen) atoms. The van der Waals surface area contributed by atoms with E-state index in [-0.39, 0.29) is 12.3 Å². The van der Waals surface area contributed by atoms with Crippen LogP contribution in [-0.4, -0.2) is 37.2 Å². The Kier molecular flexibility index (Phi) is 5.17. The lowest BCUT2D eigenvalue weighted by Crippen LogP contribution is -2.41. The number of amides is 1. The fourth-order valence-electron chi connectivity index (χ4n) is 1.69. The number of aliphatic carboxylic acids is 1. The third-order valence-electron chi connectivity index (χ3n) is 2.56. The highest BCUT2D eigenvalue weighted by Crippen LogP contribution is 2.27. The highest BCUT2D eigenvalue weighted by molar-refractivity contribution is 5.82. The van der Waals surface area contributed by atoms with Crippen LogP contribution in [0.15, 0.2) is 18.2 Å². The van der Waals surface area contributed by atoms with Crippen LogP contribution in [0, 0.1) is 0 Å². The van der Waals surface area contributed by atoms with Crippen molar-refractivity contribution in [3.8, 4) is 11.5 Å². The average Bonchev–Trinajstić information content (AvgIpc) is 2.37. The topological polar surface area (TPSA) is 84.9 Å². The van der Waals surface area contributed by atoms with Gasteiger partial charge in [-0.2, -0.15) is 0 Å². The lowest BCUT2D eigenvalue weighted by atomic mass is 10.1. The first-order valence-electron chi connectivity index (χ1n) is 5.68. The zero-order valence-electron chi connectivity index (χ0n) is 11.1. The molecule has 1 aromatic carbocycles. The van der Waals surface area contributed by atoms with Crippen LogP contribution in [0.3, 0.4) is 0 Å². The van der Waals surface area contributed by atoms with Crippen molar-refractivity contribution in [3.05, 3.63) is 23.8 Å². The Balaban J connectivity index is 2.90. The number of nitrogens with one attached hydrogen (secondary N) is 1. The van der Waals surface area contributed by atoms with Crippen LogP contribution in [0.25, 0.3) is 0 Å². The van der Waals surface area contributed by atoms with E-state index in [0.29, 0.717) is 11.5 Å². The Bertz CT molecular complexity index is 472. The second-order valence-electron chi connectivity index (χ2n) is 3.98. The summed E-state index contributed by atoms with van der Waals surface area (Å²) in [6.45, 7) is 1.28. The Morgan fingerprint density at radius 1 is 1.26 bits per heavy atom. The highest BCUT2D eigenvalue weighted by Gasteiger charge is 2.19. The second-order valence-corrected chi connectivity index (χ2v) is 3.98. The normalized spacial score (nSPS) is 11.5. The van der Waals surface area contributed by atoms with Gasteiger partial charge in [0.05, 0.1) is 14.2 Å². The van der Waals surface area contributed by atoms with Gasteiger partial charge in [-0.3, -0.25) is 4.79 Å². The minimum Gasteiger partial charge on any atom is -0.493 e. The Morgan fingerprint density at radius 2 is 1.89 bits per heavy atom. The lowest BCUT2D eigenvalue weighted by Gasteiger charge is -2.14. The van der Waals surface area contributed by atoms with E-state index >= 15 is 0 Å². The van der Waals surface area contributed by atoms with E-state index in [0.717, 1.165) is 5.56 Å². The van der Waals surface area contributed by atoms with Crippen molar-refractivity contribution in [2.75, 3.05) is 14.2 Å². The monoisotopic (exact) mass is 267 g/mol. The minimum absolute atomic E-state index is 0.176. The first-order chi connectivity index (χ1) is 8.97. The van der Waals surface area contributed by atoms with Crippen LogP contribution >= 0.6 is 0 Å². The van der Waals surface area contributed by atoms with Gasteiger partial charge < -0.3 is 19.9 Å². The molecular formula is C13H17NO5. The molecule has 6 nitrogen and oxygen atoms in total. The molecule has 0 aliphatic rings. The number of methoxy groups -OCH3 is 2. The van der Waals surface area contributed by atoms with Crippen LogP contribution in [0.5, 0.6) is 11.5 Å². The molecule has 0 radical (unpaired) electrons. The van der Waals surface area contributed by atoms with Crippen LogP contribution in [0.1, 0.15) is 12.5 Å². The van der Waals surface area contributed by atoms with Crippen molar-refractivity contribution in [2.45, 2.75) is 19.4 Å². The minimum atomic E-state index is -1.08. The quantitative estimate of drug-likeness (QED) is 0.797. The summed E-state index contributed by atoms with van der Waals surface area (Å²) >= 11 is 0. The molecule has 1 aromatic rings. The summed E-state index contributed by atoms with van der Waals surface area (Å²) in [5.41, 5.74) is 0.735. The number of ether oxygens (including phenoxy) is 2. The van der Waals surface area contributed by atoms with E-state index in [1.54, 1.807) is 18.2 Å². The average molecular weight is 267 g/mol. The molecule has 0 aromatic heterocycles. The molecule has 1 amide bonds. The number of carbonyl (C=O) groups excluding carboxylic acids is 1. The first-order valence-corrected chi connectivity index (χ1v) is 5.68. The maximum atomic E-state index is 11.0. The van der Waals surface area contributed by atoms with Crippen LogP contribution < -0.4 is 14.8 Å². The summed E-state index contributed by atoms with van der Waals surface area (Å²) in [5, 5.41) is 11.4. The number of carboxylic acid groups (broad SMARTS) is 1. The van der Waals surface area contributed by atoms with E-state index in [1.165, 1.54) is 21.1 Å². The van der Waals surface area contributed by atoms with E-state index in [2.05, 4.69) is 5.32 Å². The van der Waals surface area contributed by atoms with Gasteiger partial charge in [0.1, 0.15) is 6.04 Å². The van der Waals surface area contributed by atoms with Crippen molar-refractivity contribution < 1.29 is 24.2 Å². The summed E-state index contributed by atoms with van der Waals surface area (Å²) in [6, 6.07) is 4.16. The van der Waals surface area contributed by atoms with Gasteiger partial charge in [0.15, 0.2) is 11.5 Å². The number of hydrogen-bond acceptors (Lipinski definition) is 4. The molecule has 1 unspecified atom stereocenters. The van der Waals surface area contributed by atoms with Crippen LogP contribution in [-0.2, 0) is 16.0 Å². The largest absolute Gasteiger partial charge is 0.493 e. The Labute approximate surface area is 111 Å². The number of carboxylic acids is 1. The van der Waals surface area contributed by atoms with Crippen molar-refractivity contribution in [1.29, 1.82) is 0 Å².